The first-order chi connectivity index (χ1) is 11.1. The molecule has 118 valence electrons. The van der Waals surface area contributed by atoms with Crippen molar-refractivity contribution in [2.24, 2.45) is 11.7 Å². The van der Waals surface area contributed by atoms with E-state index >= 15 is 0 Å². The minimum Gasteiger partial charge on any atom is -0.369 e. The normalized spacial score (nSPS) is 18.0. The van der Waals surface area contributed by atoms with Crippen LogP contribution < -0.4 is 5.73 Å². The van der Waals surface area contributed by atoms with Crippen molar-refractivity contribution in [2.45, 2.75) is 19.4 Å². The van der Waals surface area contributed by atoms with E-state index in [4.69, 9.17) is 5.73 Å². The van der Waals surface area contributed by atoms with Crippen LogP contribution in [0.2, 0.25) is 0 Å². The Hall–Kier alpha value is -2.69. The standard InChI is InChI=1S/C18H19N3O2/c19-18(23)15-7-8-17(22)21(12-15)11-14-4-1-2-6-16(14)13-5-3-9-20-10-13/h1-6,9-10,15H,7-8,11-12H2,(H2,19,23)/t15-/m0/s1. The fourth-order valence-electron chi connectivity index (χ4n) is 2.97. The Bertz CT molecular complexity index is 715. The van der Waals surface area contributed by atoms with Crippen molar-refractivity contribution in [1.29, 1.82) is 0 Å². The van der Waals surface area contributed by atoms with Gasteiger partial charge in [0.15, 0.2) is 0 Å². The Morgan fingerprint density at radius 3 is 2.83 bits per heavy atom. The maximum atomic E-state index is 12.2. The largest absolute Gasteiger partial charge is 0.369 e. The Balaban J connectivity index is 1.85. The number of likely N-dealkylation sites (tertiary alicyclic amines) is 1. The number of hydrogen-bond donors (Lipinski definition) is 1. The van der Waals surface area contributed by atoms with Crippen molar-refractivity contribution in [2.75, 3.05) is 6.54 Å². The number of hydrogen-bond acceptors (Lipinski definition) is 3. The molecule has 0 spiro atoms. The molecule has 0 aliphatic carbocycles. The second-order valence-electron chi connectivity index (χ2n) is 5.81. The molecule has 2 heterocycles. The van der Waals surface area contributed by atoms with E-state index in [1.807, 2.05) is 42.6 Å². The summed E-state index contributed by atoms with van der Waals surface area (Å²) in [5.74, 6) is -0.509. The lowest BCUT2D eigenvalue weighted by atomic mass is 9.95. The van der Waals surface area contributed by atoms with E-state index in [1.165, 1.54) is 0 Å². The van der Waals surface area contributed by atoms with Gasteiger partial charge >= 0.3 is 0 Å². The zero-order chi connectivity index (χ0) is 16.2. The predicted molar refractivity (Wildman–Crippen MR) is 87.0 cm³/mol. The Kier molecular flexibility index (Phi) is 4.37. The first-order valence-electron chi connectivity index (χ1n) is 7.70. The Labute approximate surface area is 135 Å². The molecule has 23 heavy (non-hydrogen) atoms. The van der Waals surface area contributed by atoms with Crippen LogP contribution in [0.1, 0.15) is 18.4 Å². The maximum Gasteiger partial charge on any atom is 0.222 e. The molecule has 1 aliphatic heterocycles. The Morgan fingerprint density at radius 2 is 2.09 bits per heavy atom. The number of carbonyl (C=O) groups is 2. The number of rotatable bonds is 4. The van der Waals surface area contributed by atoms with E-state index < -0.39 is 0 Å². The highest BCUT2D eigenvalue weighted by molar-refractivity contribution is 5.83. The van der Waals surface area contributed by atoms with Crippen LogP contribution in [0.25, 0.3) is 11.1 Å². The monoisotopic (exact) mass is 309 g/mol. The lowest BCUT2D eigenvalue weighted by molar-refractivity contribution is -0.138. The maximum absolute atomic E-state index is 12.2. The van der Waals surface area contributed by atoms with Gasteiger partial charge in [-0.1, -0.05) is 30.3 Å². The number of benzene rings is 1. The lowest BCUT2D eigenvalue weighted by Gasteiger charge is -2.31. The van der Waals surface area contributed by atoms with Crippen molar-refractivity contribution in [3.05, 3.63) is 54.4 Å². The fraction of sp³-hybridized carbons (Fsp3) is 0.278. The van der Waals surface area contributed by atoms with Crippen LogP contribution in [-0.4, -0.2) is 28.2 Å². The number of aromatic nitrogens is 1. The molecular formula is C18H19N3O2. The molecule has 5 heteroatoms. The van der Waals surface area contributed by atoms with Crippen LogP contribution >= 0.6 is 0 Å². The van der Waals surface area contributed by atoms with Gasteiger partial charge in [0.1, 0.15) is 0 Å². The highest BCUT2D eigenvalue weighted by Crippen LogP contribution is 2.26. The third-order valence-corrected chi connectivity index (χ3v) is 4.25. The SMILES string of the molecule is NC(=O)[C@H]1CCC(=O)N(Cc2ccccc2-c2cccnc2)C1. The summed E-state index contributed by atoms with van der Waals surface area (Å²) >= 11 is 0. The molecular weight excluding hydrogens is 290 g/mol. The molecule has 2 N–H and O–H groups in total. The molecule has 0 unspecified atom stereocenters. The van der Waals surface area contributed by atoms with Crippen LogP contribution in [0.15, 0.2) is 48.8 Å². The number of carbonyl (C=O) groups excluding carboxylic acids is 2. The number of nitrogens with zero attached hydrogens (tertiary/aromatic N) is 2. The molecule has 1 aromatic heterocycles. The van der Waals surface area contributed by atoms with E-state index in [0.29, 0.717) is 25.9 Å². The molecule has 2 aromatic rings. The lowest BCUT2D eigenvalue weighted by Crippen LogP contribution is -2.43. The van der Waals surface area contributed by atoms with E-state index in [2.05, 4.69) is 4.98 Å². The number of nitrogens with two attached hydrogens (primary N) is 1. The molecule has 0 radical (unpaired) electrons. The van der Waals surface area contributed by atoms with Gasteiger partial charge in [-0.05, 0) is 23.6 Å². The van der Waals surface area contributed by atoms with Crippen LogP contribution in [-0.2, 0) is 16.1 Å². The summed E-state index contributed by atoms with van der Waals surface area (Å²) in [7, 11) is 0. The van der Waals surface area contributed by atoms with Gasteiger partial charge in [-0.25, -0.2) is 0 Å². The van der Waals surface area contributed by atoms with Gasteiger partial charge in [-0.2, -0.15) is 0 Å². The van der Waals surface area contributed by atoms with Gasteiger partial charge in [0.05, 0.1) is 5.92 Å². The summed E-state index contributed by atoms with van der Waals surface area (Å²) in [6.07, 6.45) is 4.47. The van der Waals surface area contributed by atoms with Gasteiger partial charge in [0, 0.05) is 37.5 Å². The van der Waals surface area contributed by atoms with Crippen LogP contribution in [0.5, 0.6) is 0 Å². The number of pyridine rings is 1. The third-order valence-electron chi connectivity index (χ3n) is 4.25. The second kappa shape index (κ2) is 6.60. The summed E-state index contributed by atoms with van der Waals surface area (Å²) in [5.41, 5.74) is 8.51. The summed E-state index contributed by atoms with van der Waals surface area (Å²) < 4.78 is 0. The Morgan fingerprint density at radius 1 is 1.26 bits per heavy atom. The zero-order valence-electron chi connectivity index (χ0n) is 12.8. The molecule has 1 saturated heterocycles. The average molecular weight is 309 g/mol. The van der Waals surface area contributed by atoms with Crippen LogP contribution in [0.3, 0.4) is 0 Å². The van der Waals surface area contributed by atoms with Crippen LogP contribution in [0.4, 0.5) is 0 Å². The van der Waals surface area contributed by atoms with Crippen LogP contribution in [0, 0.1) is 5.92 Å². The minimum absolute atomic E-state index is 0.0727. The summed E-state index contributed by atoms with van der Waals surface area (Å²) in [4.78, 5) is 29.5. The highest BCUT2D eigenvalue weighted by Gasteiger charge is 2.29. The molecule has 2 amide bonds. The summed E-state index contributed by atoms with van der Waals surface area (Å²) in [6, 6.07) is 11.8. The van der Waals surface area contributed by atoms with Crippen molar-refractivity contribution in [1.82, 2.24) is 9.88 Å². The molecule has 5 nitrogen and oxygen atoms in total. The quantitative estimate of drug-likeness (QED) is 0.938. The topological polar surface area (TPSA) is 76.3 Å². The van der Waals surface area contributed by atoms with Gasteiger partial charge < -0.3 is 10.6 Å². The second-order valence-corrected chi connectivity index (χ2v) is 5.81. The van der Waals surface area contributed by atoms with Gasteiger partial charge in [0.2, 0.25) is 11.8 Å². The summed E-state index contributed by atoms with van der Waals surface area (Å²) in [5, 5.41) is 0. The minimum atomic E-state index is -0.331. The number of piperidine rings is 1. The first-order valence-corrected chi connectivity index (χ1v) is 7.70. The average Bonchev–Trinajstić information content (AvgIpc) is 2.58. The highest BCUT2D eigenvalue weighted by atomic mass is 16.2. The van der Waals surface area contributed by atoms with Crippen molar-refractivity contribution < 1.29 is 9.59 Å². The molecule has 0 saturated carbocycles. The van der Waals surface area contributed by atoms with Gasteiger partial charge in [-0.3, -0.25) is 14.6 Å². The van der Waals surface area contributed by atoms with Gasteiger partial charge in [0.25, 0.3) is 0 Å². The van der Waals surface area contributed by atoms with Crippen molar-refractivity contribution >= 4 is 11.8 Å². The van der Waals surface area contributed by atoms with Gasteiger partial charge in [-0.15, -0.1) is 0 Å². The number of amides is 2. The number of primary amides is 1. The smallest absolute Gasteiger partial charge is 0.222 e. The van der Waals surface area contributed by atoms with E-state index in [9.17, 15) is 9.59 Å². The van der Waals surface area contributed by atoms with E-state index in [0.717, 1.165) is 16.7 Å². The molecule has 1 aromatic carbocycles. The summed E-state index contributed by atoms with van der Waals surface area (Å²) in [6.45, 7) is 0.878. The van der Waals surface area contributed by atoms with E-state index in [-0.39, 0.29) is 17.7 Å². The molecule has 1 aliphatic rings. The first kappa shape index (κ1) is 15.2. The molecule has 3 rings (SSSR count). The predicted octanol–water partition coefficient (Wildman–Crippen LogP) is 1.97. The molecule has 0 bridgehead atoms. The van der Waals surface area contributed by atoms with Crippen molar-refractivity contribution in [3.8, 4) is 11.1 Å². The van der Waals surface area contributed by atoms with E-state index in [1.54, 1.807) is 11.1 Å². The molecule has 1 atom stereocenters. The third kappa shape index (κ3) is 3.39. The zero-order valence-corrected chi connectivity index (χ0v) is 12.8. The van der Waals surface area contributed by atoms with Crippen molar-refractivity contribution in [3.63, 3.8) is 0 Å². The fourth-order valence-corrected chi connectivity index (χ4v) is 2.97. The molecule has 1 fully saturated rings.